The lowest BCUT2D eigenvalue weighted by atomic mass is 10.0. The molecule has 0 fully saturated rings. The van der Waals surface area contributed by atoms with Crippen LogP contribution in [0.3, 0.4) is 0 Å². The summed E-state index contributed by atoms with van der Waals surface area (Å²) in [5, 5.41) is 12.2. The van der Waals surface area contributed by atoms with Crippen molar-refractivity contribution in [3.8, 4) is 33.6 Å². The number of nitrogens with zero attached hydrogens (tertiary/aromatic N) is 8. The van der Waals surface area contributed by atoms with Crippen LogP contribution in [0.5, 0.6) is 0 Å². The van der Waals surface area contributed by atoms with Crippen molar-refractivity contribution in [2.24, 2.45) is 0 Å². The number of carboxylic acid groups (broad SMARTS) is 1. The van der Waals surface area contributed by atoms with Crippen molar-refractivity contribution >= 4 is 79.0 Å². The predicted molar refractivity (Wildman–Crippen MR) is 237 cm³/mol. The number of hydrogen-bond acceptors (Lipinski definition) is 9. The number of rotatable bonds is 6. The Kier molecular flexibility index (Phi) is 10.9. The van der Waals surface area contributed by atoms with E-state index < -0.39 is 35.5 Å². The highest BCUT2D eigenvalue weighted by atomic mass is 35.5. The molecule has 0 aliphatic heterocycles. The van der Waals surface area contributed by atoms with E-state index in [4.69, 9.17) is 27.9 Å². The number of hydrogen-bond donors (Lipinski definition) is 1. The van der Waals surface area contributed by atoms with Crippen LogP contribution in [0, 0.1) is 37.4 Å². The van der Waals surface area contributed by atoms with E-state index in [-0.39, 0.29) is 38.9 Å². The predicted octanol–water partition coefficient (Wildman–Crippen LogP) is 11.2. The number of halogens is 6. The van der Waals surface area contributed by atoms with Gasteiger partial charge in [0.1, 0.15) is 22.7 Å². The molecule has 322 valence electrons. The summed E-state index contributed by atoms with van der Waals surface area (Å²) in [4.78, 5) is 49.0. The number of esters is 1. The van der Waals surface area contributed by atoms with E-state index in [1.54, 1.807) is 73.3 Å². The number of imidazole rings is 2. The molecular formula is C47H28Cl2F4N8O4. The Balaban J connectivity index is 0.000000164. The highest BCUT2D eigenvalue weighted by Crippen LogP contribution is 2.37. The van der Waals surface area contributed by atoms with Crippen LogP contribution in [0.4, 0.5) is 17.6 Å². The summed E-state index contributed by atoms with van der Waals surface area (Å²) in [5.74, 6) is -5.58. The van der Waals surface area contributed by atoms with Gasteiger partial charge in [0.2, 0.25) is 11.9 Å². The molecule has 0 aliphatic carbocycles. The van der Waals surface area contributed by atoms with Gasteiger partial charge in [-0.3, -0.25) is 19.1 Å². The van der Waals surface area contributed by atoms with Gasteiger partial charge in [0.15, 0.2) is 11.6 Å². The SMILES string of the molecule is COC(=O)c1cc(-c2ccnc(F)c2F)cc2c1nc(C)n2-c1ccnc2c(Cl)cccc12.Cc1nc2c(C(=O)O)cc(-c3ccnc(F)c3F)cc2n1-c1ccnc2c(Cl)cccc12. The maximum atomic E-state index is 14.6. The number of para-hydroxylation sites is 2. The molecule has 18 heteroatoms. The zero-order chi connectivity index (χ0) is 45.8. The molecule has 10 rings (SSSR count). The van der Waals surface area contributed by atoms with Crippen LogP contribution in [0.1, 0.15) is 32.4 Å². The zero-order valence-electron chi connectivity index (χ0n) is 33.9. The largest absolute Gasteiger partial charge is 0.478 e. The van der Waals surface area contributed by atoms with Crippen LogP contribution in [0.25, 0.3) is 77.5 Å². The second-order valence-corrected chi connectivity index (χ2v) is 15.2. The molecule has 6 heterocycles. The van der Waals surface area contributed by atoms with E-state index in [0.717, 1.165) is 28.9 Å². The summed E-state index contributed by atoms with van der Waals surface area (Å²) in [6.07, 6.45) is 5.50. The fourth-order valence-electron chi connectivity index (χ4n) is 7.86. The number of carbonyl (C=O) groups is 2. The molecule has 0 unspecified atom stereocenters. The van der Waals surface area contributed by atoms with E-state index in [1.165, 1.54) is 31.4 Å². The normalized spacial score (nSPS) is 11.3. The Morgan fingerprint density at radius 3 is 1.46 bits per heavy atom. The zero-order valence-corrected chi connectivity index (χ0v) is 35.4. The van der Waals surface area contributed by atoms with Gasteiger partial charge in [0, 0.05) is 46.7 Å². The monoisotopic (exact) mass is 914 g/mol. The number of fused-ring (bicyclic) bond motifs is 4. The van der Waals surface area contributed by atoms with E-state index in [9.17, 15) is 32.3 Å². The molecule has 12 nitrogen and oxygen atoms in total. The standard InChI is InChI=1S/C24H15ClF2N4O2.C23H13ClF2N4O2/c1-12-30-22-16(24(32)33-2)10-13(14-6-8-29-23(27)20(14)26)11-19(22)31(12)18-7-9-28-21-15(18)4-3-5-17(21)25;1-11-29-21-15(23(31)32)9-12(13-5-7-28-22(26)19(13)25)10-18(21)30(11)17-6-8-27-20-14(17)3-2-4-16(20)24/h3-11H,1-2H3;2-10H,1H3,(H,31,32). The molecule has 0 amide bonds. The Labute approximate surface area is 374 Å². The van der Waals surface area contributed by atoms with Gasteiger partial charge >= 0.3 is 11.9 Å². The molecular weight excluding hydrogens is 887 g/mol. The van der Waals surface area contributed by atoms with Crippen LogP contribution in [-0.4, -0.2) is 63.2 Å². The average molecular weight is 916 g/mol. The molecule has 10 aromatic rings. The first-order valence-electron chi connectivity index (χ1n) is 19.3. The van der Waals surface area contributed by atoms with E-state index in [1.807, 2.05) is 22.8 Å². The van der Waals surface area contributed by atoms with Crippen molar-refractivity contribution in [2.75, 3.05) is 7.11 Å². The lowest BCUT2D eigenvalue weighted by Gasteiger charge is -2.13. The van der Waals surface area contributed by atoms with Crippen molar-refractivity contribution in [1.82, 2.24) is 39.0 Å². The maximum Gasteiger partial charge on any atom is 0.340 e. The molecule has 0 radical (unpaired) electrons. The van der Waals surface area contributed by atoms with E-state index >= 15 is 0 Å². The topological polar surface area (TPSA) is 151 Å². The minimum atomic E-state index is -1.26. The molecule has 0 aliphatic rings. The van der Waals surface area contributed by atoms with Crippen molar-refractivity contribution in [2.45, 2.75) is 13.8 Å². The summed E-state index contributed by atoms with van der Waals surface area (Å²) in [7, 11) is 1.25. The van der Waals surface area contributed by atoms with Gasteiger partial charge in [-0.2, -0.15) is 8.78 Å². The first-order valence-corrected chi connectivity index (χ1v) is 20.1. The summed E-state index contributed by atoms with van der Waals surface area (Å²) in [6.45, 7) is 3.51. The first kappa shape index (κ1) is 42.5. The summed E-state index contributed by atoms with van der Waals surface area (Å²) < 4.78 is 65.2. The van der Waals surface area contributed by atoms with Gasteiger partial charge < -0.3 is 9.84 Å². The number of benzene rings is 4. The van der Waals surface area contributed by atoms with Crippen LogP contribution in [0.2, 0.25) is 10.0 Å². The molecule has 4 aromatic carbocycles. The minimum Gasteiger partial charge on any atom is -0.478 e. The molecule has 0 spiro atoms. The number of aromatic carboxylic acids is 1. The number of aromatic nitrogens is 8. The third kappa shape index (κ3) is 7.31. The second-order valence-electron chi connectivity index (χ2n) is 14.4. The Hall–Kier alpha value is -7.82. The van der Waals surface area contributed by atoms with Crippen molar-refractivity contribution in [3.63, 3.8) is 0 Å². The number of ether oxygens (including phenoxy) is 1. The van der Waals surface area contributed by atoms with Gasteiger partial charge in [0.25, 0.3) is 0 Å². The van der Waals surface area contributed by atoms with Crippen molar-refractivity contribution in [3.05, 3.63) is 166 Å². The molecule has 1 N–H and O–H groups in total. The quantitative estimate of drug-likeness (QED) is 0.0969. The molecule has 0 atom stereocenters. The van der Waals surface area contributed by atoms with Crippen LogP contribution >= 0.6 is 23.2 Å². The Bertz CT molecular complexity index is 3620. The van der Waals surface area contributed by atoms with E-state index in [0.29, 0.717) is 55.0 Å². The second kappa shape index (κ2) is 16.7. The van der Waals surface area contributed by atoms with Gasteiger partial charge in [-0.25, -0.2) is 38.3 Å². The number of carbonyl (C=O) groups excluding carboxylic acids is 1. The van der Waals surface area contributed by atoms with Gasteiger partial charge in [0.05, 0.1) is 61.7 Å². The first-order chi connectivity index (χ1) is 31.3. The minimum absolute atomic E-state index is 0.0393. The summed E-state index contributed by atoms with van der Waals surface area (Å²) in [6, 6.07) is 22.9. The van der Waals surface area contributed by atoms with Crippen LogP contribution < -0.4 is 0 Å². The van der Waals surface area contributed by atoms with Crippen molar-refractivity contribution < 1.29 is 37.0 Å². The van der Waals surface area contributed by atoms with Gasteiger partial charge in [-0.05, 0) is 85.6 Å². The maximum absolute atomic E-state index is 14.6. The highest BCUT2D eigenvalue weighted by Gasteiger charge is 2.24. The fourth-order valence-corrected chi connectivity index (χ4v) is 8.30. The van der Waals surface area contributed by atoms with Gasteiger partial charge in [-0.15, -0.1) is 0 Å². The molecule has 0 saturated carbocycles. The lowest BCUT2D eigenvalue weighted by Crippen LogP contribution is -2.04. The Morgan fingerprint density at radius 1 is 0.585 bits per heavy atom. The molecule has 6 aromatic heterocycles. The number of methoxy groups -OCH3 is 1. The van der Waals surface area contributed by atoms with Crippen LogP contribution in [-0.2, 0) is 4.74 Å². The third-order valence-corrected chi connectivity index (χ3v) is 11.3. The number of aryl methyl sites for hydroxylation is 2. The summed E-state index contributed by atoms with van der Waals surface area (Å²) >= 11 is 12.6. The third-order valence-electron chi connectivity index (χ3n) is 10.7. The van der Waals surface area contributed by atoms with E-state index in [2.05, 4.69) is 29.9 Å². The molecule has 0 saturated heterocycles. The highest BCUT2D eigenvalue weighted by molar-refractivity contribution is 6.35. The van der Waals surface area contributed by atoms with Gasteiger partial charge in [-0.1, -0.05) is 47.5 Å². The molecule has 65 heavy (non-hydrogen) atoms. The fraction of sp³-hybridized carbons (Fsp3) is 0.0638. The van der Waals surface area contributed by atoms with Crippen molar-refractivity contribution in [1.29, 1.82) is 0 Å². The number of carboxylic acids is 1. The average Bonchev–Trinajstić information content (AvgIpc) is 3.81. The molecule has 0 bridgehead atoms. The Morgan fingerprint density at radius 2 is 1.02 bits per heavy atom. The number of pyridine rings is 4. The van der Waals surface area contributed by atoms with Crippen LogP contribution in [0.15, 0.2) is 110 Å². The summed E-state index contributed by atoms with van der Waals surface area (Å²) in [5.41, 5.74) is 4.40. The smallest absolute Gasteiger partial charge is 0.340 e. The lowest BCUT2D eigenvalue weighted by molar-refractivity contribution is 0.0601.